The van der Waals surface area contributed by atoms with E-state index in [9.17, 15) is 19.2 Å². The molecule has 0 spiro atoms. The zero-order valence-corrected chi connectivity index (χ0v) is 23.9. The molecule has 1 aromatic carbocycles. The molecular formula is C26H23IN6O6S. The van der Waals surface area contributed by atoms with Crippen LogP contribution in [0.1, 0.15) is 31.2 Å². The lowest BCUT2D eigenvalue weighted by atomic mass is 10.1. The molecule has 5 rings (SSSR count). The summed E-state index contributed by atoms with van der Waals surface area (Å²) in [5.74, 6) is -1.66. The molecule has 3 amide bonds. The number of halogens is 1. The van der Waals surface area contributed by atoms with E-state index in [1.807, 2.05) is 6.07 Å². The van der Waals surface area contributed by atoms with Gasteiger partial charge in [0.25, 0.3) is 23.5 Å². The molecule has 0 saturated carbocycles. The van der Waals surface area contributed by atoms with Gasteiger partial charge in [-0.2, -0.15) is 0 Å². The predicted octanol–water partition coefficient (Wildman–Crippen LogP) is 2.30. The number of nitrogens with zero attached hydrogens (tertiary/aromatic N) is 4. The molecule has 1 saturated heterocycles. The van der Waals surface area contributed by atoms with Crippen molar-refractivity contribution >= 4 is 68.8 Å². The fourth-order valence-corrected chi connectivity index (χ4v) is 5.53. The van der Waals surface area contributed by atoms with Gasteiger partial charge < -0.3 is 28.3 Å². The molecule has 40 heavy (non-hydrogen) atoms. The van der Waals surface area contributed by atoms with Gasteiger partial charge in [0.2, 0.25) is 0 Å². The number of fused-ring (bicyclic) bond motifs is 1. The summed E-state index contributed by atoms with van der Waals surface area (Å²) in [6.45, 7) is 0.999. The smallest absolute Gasteiger partial charge is 0.295 e. The Balaban J connectivity index is 1.36. The highest BCUT2D eigenvalue weighted by atomic mass is 127. The number of ketones is 1. The van der Waals surface area contributed by atoms with Crippen LogP contribution in [0.4, 0.5) is 0 Å². The SMILES string of the molecule is O=C(NCCO)c1csc(-c2ncc(OI)c3c(C(=O)C(=O)N4CCN(C(=O)c5ccccc5)CC4)c[nH]c23)n1. The molecule has 14 heteroatoms. The maximum absolute atomic E-state index is 13.4. The largest absolute Gasteiger partial charge is 0.425 e. The van der Waals surface area contributed by atoms with E-state index in [4.69, 9.17) is 8.17 Å². The van der Waals surface area contributed by atoms with Crippen LogP contribution in [0.5, 0.6) is 5.75 Å². The Hall–Kier alpha value is -3.89. The number of pyridine rings is 1. The van der Waals surface area contributed by atoms with Gasteiger partial charge in [-0.05, 0) is 12.1 Å². The number of aromatic nitrogens is 3. The lowest BCUT2D eigenvalue weighted by molar-refractivity contribution is -0.127. The van der Waals surface area contributed by atoms with E-state index in [1.54, 1.807) is 57.6 Å². The highest BCUT2D eigenvalue weighted by molar-refractivity contribution is 14.1. The van der Waals surface area contributed by atoms with E-state index in [2.05, 4.69) is 20.3 Å². The maximum atomic E-state index is 13.4. The average molecular weight is 674 g/mol. The minimum Gasteiger partial charge on any atom is -0.425 e. The second kappa shape index (κ2) is 12.1. The van der Waals surface area contributed by atoms with Crippen LogP contribution in [0.15, 0.2) is 48.1 Å². The number of aliphatic hydroxyl groups is 1. The van der Waals surface area contributed by atoms with Crippen LogP contribution in [0.3, 0.4) is 0 Å². The zero-order chi connectivity index (χ0) is 28.2. The summed E-state index contributed by atoms with van der Waals surface area (Å²) in [6.07, 6.45) is 2.87. The summed E-state index contributed by atoms with van der Waals surface area (Å²) in [4.78, 5) is 66.5. The third kappa shape index (κ3) is 5.41. The Kier molecular flexibility index (Phi) is 8.37. The lowest BCUT2D eigenvalue weighted by Gasteiger charge is -2.34. The van der Waals surface area contributed by atoms with Gasteiger partial charge in [0.05, 0.1) is 29.3 Å². The first-order chi connectivity index (χ1) is 19.4. The summed E-state index contributed by atoms with van der Waals surface area (Å²) >= 11 is 2.87. The molecule has 1 fully saturated rings. The Morgan fingerprint density at radius 1 is 1.10 bits per heavy atom. The Morgan fingerprint density at radius 3 is 2.52 bits per heavy atom. The van der Waals surface area contributed by atoms with Crippen molar-refractivity contribution in [3.63, 3.8) is 0 Å². The van der Waals surface area contributed by atoms with E-state index in [-0.39, 0.29) is 49.2 Å². The van der Waals surface area contributed by atoms with Gasteiger partial charge in [0.1, 0.15) is 16.4 Å². The van der Waals surface area contributed by atoms with Gasteiger partial charge in [-0.1, -0.05) is 18.2 Å². The van der Waals surface area contributed by atoms with Crippen molar-refractivity contribution in [1.29, 1.82) is 0 Å². The fraction of sp³-hybridized carbons (Fsp3) is 0.231. The Bertz CT molecular complexity index is 1580. The van der Waals surface area contributed by atoms with Crippen LogP contribution in [0.2, 0.25) is 0 Å². The molecule has 0 bridgehead atoms. The summed E-state index contributed by atoms with van der Waals surface area (Å²) < 4.78 is 5.42. The van der Waals surface area contributed by atoms with Crippen LogP contribution in [0.25, 0.3) is 21.6 Å². The van der Waals surface area contributed by atoms with E-state index in [0.29, 0.717) is 40.3 Å². The van der Waals surface area contributed by atoms with Crippen LogP contribution in [0, 0.1) is 0 Å². The van der Waals surface area contributed by atoms with E-state index < -0.39 is 17.6 Å². The molecule has 1 aliphatic rings. The summed E-state index contributed by atoms with van der Waals surface area (Å²) in [7, 11) is 0. The van der Waals surface area contributed by atoms with Crippen molar-refractivity contribution in [2.75, 3.05) is 39.3 Å². The molecule has 206 valence electrons. The van der Waals surface area contributed by atoms with Gasteiger partial charge in [0.15, 0.2) is 28.8 Å². The highest BCUT2D eigenvalue weighted by Gasteiger charge is 2.31. The lowest BCUT2D eigenvalue weighted by Crippen LogP contribution is -2.52. The molecule has 4 heterocycles. The molecule has 3 aromatic heterocycles. The first kappa shape index (κ1) is 27.7. The zero-order valence-electron chi connectivity index (χ0n) is 20.9. The van der Waals surface area contributed by atoms with Crippen molar-refractivity contribution in [1.82, 2.24) is 30.1 Å². The van der Waals surface area contributed by atoms with Crippen molar-refractivity contribution in [2.24, 2.45) is 0 Å². The number of carbonyl (C=O) groups is 4. The number of benzene rings is 1. The number of aliphatic hydroxyl groups excluding tert-OH is 1. The molecule has 0 atom stereocenters. The van der Waals surface area contributed by atoms with Crippen LogP contribution in [-0.2, 0) is 4.79 Å². The second-order valence-corrected chi connectivity index (χ2v) is 10.1. The number of thiazole rings is 1. The third-order valence-corrected chi connectivity index (χ3v) is 7.73. The normalized spacial score (nSPS) is 13.3. The number of amides is 3. The summed E-state index contributed by atoms with van der Waals surface area (Å²) in [5.41, 5.74) is 1.68. The highest BCUT2D eigenvalue weighted by Crippen LogP contribution is 2.36. The summed E-state index contributed by atoms with van der Waals surface area (Å²) in [5, 5.41) is 13.8. The number of piperazine rings is 1. The first-order valence-corrected chi connectivity index (χ1v) is 14.0. The van der Waals surface area contributed by atoms with Crippen molar-refractivity contribution in [3.05, 3.63) is 64.9 Å². The van der Waals surface area contributed by atoms with Crippen LogP contribution < -0.4 is 8.38 Å². The van der Waals surface area contributed by atoms with Crippen LogP contribution >= 0.6 is 34.3 Å². The predicted molar refractivity (Wildman–Crippen MR) is 155 cm³/mol. The molecule has 0 radical (unpaired) electrons. The van der Waals surface area contributed by atoms with Gasteiger partial charge >= 0.3 is 0 Å². The summed E-state index contributed by atoms with van der Waals surface area (Å²) in [6, 6.07) is 8.92. The number of H-pyrrole nitrogens is 1. The number of Topliss-reactive ketones (excluding diaryl/α,β-unsaturated/α-hetero) is 1. The topological polar surface area (TPSA) is 158 Å². The number of hydrogen-bond donors (Lipinski definition) is 3. The Labute approximate surface area is 246 Å². The fourth-order valence-electron chi connectivity index (χ4n) is 4.40. The average Bonchev–Trinajstić information content (AvgIpc) is 3.67. The van der Waals surface area contributed by atoms with Crippen molar-refractivity contribution in [3.8, 4) is 16.5 Å². The molecule has 0 aliphatic carbocycles. The number of aromatic amines is 1. The number of hydrogen-bond acceptors (Lipinski definition) is 9. The monoisotopic (exact) mass is 674 g/mol. The van der Waals surface area contributed by atoms with Crippen molar-refractivity contribution < 1.29 is 27.4 Å². The van der Waals surface area contributed by atoms with E-state index in [0.717, 1.165) is 0 Å². The van der Waals surface area contributed by atoms with E-state index in [1.165, 1.54) is 28.6 Å². The van der Waals surface area contributed by atoms with E-state index >= 15 is 0 Å². The number of nitrogens with one attached hydrogen (secondary N) is 2. The first-order valence-electron chi connectivity index (χ1n) is 12.2. The standard InChI is InChI=1S/C26H23IN6O6S/c27-39-18-13-30-21(24-31-17(14-40-24)23(36)28-6-11-34)20-19(18)16(12-29-20)22(35)26(38)33-9-7-32(8-10-33)25(37)15-4-2-1-3-5-15/h1-5,12-14,29,34H,6-11H2,(H,28,36). The minimum absolute atomic E-state index is 0.102. The molecule has 0 unspecified atom stereocenters. The number of carbonyl (C=O) groups excluding carboxylic acids is 4. The maximum Gasteiger partial charge on any atom is 0.295 e. The molecule has 3 N–H and O–H groups in total. The molecule has 12 nitrogen and oxygen atoms in total. The van der Waals surface area contributed by atoms with Gasteiger partial charge in [-0.3, -0.25) is 19.2 Å². The van der Waals surface area contributed by atoms with Crippen LogP contribution in [-0.4, -0.2) is 92.7 Å². The molecular weight excluding hydrogens is 651 g/mol. The molecule has 4 aromatic rings. The number of rotatable bonds is 8. The van der Waals surface area contributed by atoms with Gasteiger partial charge in [-0.15, -0.1) is 11.3 Å². The second-order valence-electron chi connectivity index (χ2n) is 8.80. The molecule has 1 aliphatic heterocycles. The third-order valence-electron chi connectivity index (χ3n) is 6.41. The minimum atomic E-state index is -0.718. The quantitative estimate of drug-likeness (QED) is 0.146. The van der Waals surface area contributed by atoms with Gasteiger partial charge in [-0.25, -0.2) is 9.97 Å². The van der Waals surface area contributed by atoms with Crippen molar-refractivity contribution in [2.45, 2.75) is 0 Å². The Morgan fingerprint density at radius 2 is 1.82 bits per heavy atom. The van der Waals surface area contributed by atoms with Gasteiger partial charge in [0, 0.05) is 49.9 Å².